The first-order valence-electron chi connectivity index (χ1n) is 8.10. The average Bonchev–Trinajstić information content (AvgIpc) is 3.08. The van der Waals surface area contributed by atoms with Crippen molar-refractivity contribution >= 4 is 29.1 Å². The largest absolute Gasteiger partial charge is 0.418 e. The summed E-state index contributed by atoms with van der Waals surface area (Å²) in [6.45, 7) is 0. The zero-order valence-corrected chi connectivity index (χ0v) is 14.4. The van der Waals surface area contributed by atoms with E-state index in [-0.39, 0.29) is 28.4 Å². The third kappa shape index (κ3) is 4.43. The monoisotopic (exact) mass is 384 g/mol. The standard InChI is InChI=1S/C17H16ClF3N4O/c18-10-5-6-13(12(9-10)17(19,20)21)24-15(26)14-7-8-22-16(25-14)23-11-3-1-2-4-11/h5-9,11H,1-4H2,(H,24,26)(H,22,23,25). The van der Waals surface area contributed by atoms with Gasteiger partial charge in [-0.15, -0.1) is 0 Å². The van der Waals surface area contributed by atoms with Crippen molar-refractivity contribution < 1.29 is 18.0 Å². The summed E-state index contributed by atoms with van der Waals surface area (Å²) in [6.07, 6.45) is 0.988. The molecule has 0 spiro atoms. The SMILES string of the molecule is O=C(Nc1ccc(Cl)cc1C(F)(F)F)c1ccnc(NC2CCCC2)n1. The average molecular weight is 385 g/mol. The first-order valence-corrected chi connectivity index (χ1v) is 8.48. The van der Waals surface area contributed by atoms with Crippen LogP contribution in [-0.4, -0.2) is 21.9 Å². The van der Waals surface area contributed by atoms with Crippen LogP contribution in [0.1, 0.15) is 41.7 Å². The van der Waals surface area contributed by atoms with Crippen LogP contribution in [0, 0.1) is 0 Å². The van der Waals surface area contributed by atoms with Gasteiger partial charge in [0.2, 0.25) is 5.95 Å². The highest BCUT2D eigenvalue weighted by Crippen LogP contribution is 2.36. The minimum atomic E-state index is -4.64. The van der Waals surface area contributed by atoms with E-state index in [1.807, 2.05) is 0 Å². The van der Waals surface area contributed by atoms with Crippen molar-refractivity contribution in [2.24, 2.45) is 0 Å². The fourth-order valence-corrected chi connectivity index (χ4v) is 3.03. The molecule has 1 amide bonds. The molecular formula is C17H16ClF3N4O. The molecule has 1 aromatic heterocycles. The minimum Gasteiger partial charge on any atom is -0.351 e. The Hall–Kier alpha value is -2.35. The number of halogens is 4. The molecule has 1 aromatic carbocycles. The van der Waals surface area contributed by atoms with Crippen molar-refractivity contribution in [3.05, 3.63) is 46.7 Å². The lowest BCUT2D eigenvalue weighted by atomic mass is 10.1. The molecule has 3 rings (SSSR count). The van der Waals surface area contributed by atoms with Crippen LogP contribution in [0.2, 0.25) is 5.02 Å². The number of anilines is 2. The Balaban J connectivity index is 1.78. The van der Waals surface area contributed by atoms with E-state index in [2.05, 4.69) is 20.6 Å². The molecule has 26 heavy (non-hydrogen) atoms. The molecule has 2 N–H and O–H groups in total. The number of nitrogens with zero attached hydrogens (tertiary/aromatic N) is 2. The Bertz CT molecular complexity index is 807. The first kappa shape index (κ1) is 18.4. The molecule has 0 unspecified atom stereocenters. The van der Waals surface area contributed by atoms with Gasteiger partial charge < -0.3 is 10.6 Å². The zero-order chi connectivity index (χ0) is 18.7. The quantitative estimate of drug-likeness (QED) is 0.797. The smallest absolute Gasteiger partial charge is 0.351 e. The van der Waals surface area contributed by atoms with Gasteiger partial charge in [0, 0.05) is 17.3 Å². The highest BCUT2D eigenvalue weighted by Gasteiger charge is 2.34. The number of benzene rings is 1. The Labute approximate surface area is 153 Å². The number of hydrogen-bond donors (Lipinski definition) is 2. The Morgan fingerprint density at radius 3 is 2.62 bits per heavy atom. The van der Waals surface area contributed by atoms with Crippen LogP contribution in [-0.2, 0) is 6.18 Å². The predicted octanol–water partition coefficient (Wildman–Crippen LogP) is 4.76. The summed E-state index contributed by atoms with van der Waals surface area (Å²) in [6, 6.07) is 4.76. The van der Waals surface area contributed by atoms with Crippen LogP contribution >= 0.6 is 11.6 Å². The van der Waals surface area contributed by atoms with Gasteiger partial charge in [-0.25, -0.2) is 9.97 Å². The zero-order valence-electron chi connectivity index (χ0n) is 13.6. The van der Waals surface area contributed by atoms with E-state index in [4.69, 9.17) is 11.6 Å². The fourth-order valence-electron chi connectivity index (χ4n) is 2.85. The summed E-state index contributed by atoms with van der Waals surface area (Å²) in [5.74, 6) is -0.466. The Morgan fingerprint density at radius 2 is 1.92 bits per heavy atom. The van der Waals surface area contributed by atoms with Crippen molar-refractivity contribution in [2.75, 3.05) is 10.6 Å². The van der Waals surface area contributed by atoms with Gasteiger partial charge in [0.25, 0.3) is 5.91 Å². The Kier molecular flexibility index (Phi) is 5.31. The summed E-state index contributed by atoms with van der Waals surface area (Å²) in [5.41, 5.74) is -1.42. The van der Waals surface area contributed by atoms with Gasteiger partial charge in [0.15, 0.2) is 0 Å². The lowest BCUT2D eigenvalue weighted by Gasteiger charge is -2.15. The van der Waals surface area contributed by atoms with E-state index in [0.29, 0.717) is 0 Å². The van der Waals surface area contributed by atoms with Crippen LogP contribution in [0.25, 0.3) is 0 Å². The van der Waals surface area contributed by atoms with Gasteiger partial charge in [-0.05, 0) is 37.1 Å². The lowest BCUT2D eigenvalue weighted by molar-refractivity contribution is -0.136. The summed E-state index contributed by atoms with van der Waals surface area (Å²) < 4.78 is 39.4. The van der Waals surface area contributed by atoms with E-state index >= 15 is 0 Å². The molecule has 2 aromatic rings. The van der Waals surface area contributed by atoms with Crippen molar-refractivity contribution in [3.63, 3.8) is 0 Å². The molecule has 9 heteroatoms. The highest BCUT2D eigenvalue weighted by molar-refractivity contribution is 6.30. The predicted molar refractivity (Wildman–Crippen MR) is 92.3 cm³/mol. The molecule has 1 fully saturated rings. The first-order chi connectivity index (χ1) is 12.3. The highest BCUT2D eigenvalue weighted by atomic mass is 35.5. The number of carbonyl (C=O) groups is 1. The third-order valence-corrected chi connectivity index (χ3v) is 4.35. The van der Waals surface area contributed by atoms with Gasteiger partial charge in [-0.2, -0.15) is 13.2 Å². The summed E-state index contributed by atoms with van der Waals surface area (Å²) in [4.78, 5) is 20.5. The van der Waals surface area contributed by atoms with E-state index in [9.17, 15) is 18.0 Å². The molecule has 1 heterocycles. The van der Waals surface area contributed by atoms with Gasteiger partial charge >= 0.3 is 6.18 Å². The molecule has 0 bridgehead atoms. The maximum absolute atomic E-state index is 13.1. The van der Waals surface area contributed by atoms with Crippen molar-refractivity contribution in [2.45, 2.75) is 37.9 Å². The number of nitrogens with one attached hydrogen (secondary N) is 2. The van der Waals surface area contributed by atoms with Crippen molar-refractivity contribution in [1.82, 2.24) is 9.97 Å². The molecule has 1 aliphatic rings. The molecule has 0 saturated heterocycles. The fraction of sp³-hybridized carbons (Fsp3) is 0.353. The second-order valence-electron chi connectivity index (χ2n) is 6.03. The summed E-state index contributed by atoms with van der Waals surface area (Å²) in [5, 5.41) is 5.32. The minimum absolute atomic E-state index is 0.0245. The van der Waals surface area contributed by atoms with Crippen LogP contribution in [0.3, 0.4) is 0 Å². The summed E-state index contributed by atoms with van der Waals surface area (Å²) in [7, 11) is 0. The second kappa shape index (κ2) is 7.49. The molecular weight excluding hydrogens is 369 g/mol. The number of hydrogen-bond acceptors (Lipinski definition) is 4. The molecule has 5 nitrogen and oxygen atoms in total. The molecule has 1 saturated carbocycles. The van der Waals surface area contributed by atoms with Crippen LogP contribution in [0.5, 0.6) is 0 Å². The normalized spacial score (nSPS) is 15.1. The molecule has 0 aliphatic heterocycles. The topological polar surface area (TPSA) is 66.9 Å². The van der Waals surface area contributed by atoms with Gasteiger partial charge in [0.05, 0.1) is 11.3 Å². The van der Waals surface area contributed by atoms with E-state index in [0.717, 1.165) is 37.8 Å². The van der Waals surface area contributed by atoms with Gasteiger partial charge in [0.1, 0.15) is 5.69 Å². The second-order valence-corrected chi connectivity index (χ2v) is 6.47. The number of carbonyl (C=O) groups excluding carboxylic acids is 1. The number of aromatic nitrogens is 2. The number of amides is 1. The molecule has 138 valence electrons. The third-order valence-electron chi connectivity index (χ3n) is 4.11. The Morgan fingerprint density at radius 1 is 1.19 bits per heavy atom. The van der Waals surface area contributed by atoms with Crippen LogP contribution < -0.4 is 10.6 Å². The molecule has 0 atom stereocenters. The van der Waals surface area contributed by atoms with Gasteiger partial charge in [-0.3, -0.25) is 4.79 Å². The maximum Gasteiger partial charge on any atom is 0.418 e. The summed E-state index contributed by atoms with van der Waals surface area (Å²) >= 11 is 5.64. The molecule has 1 aliphatic carbocycles. The molecule has 0 radical (unpaired) electrons. The van der Waals surface area contributed by atoms with Gasteiger partial charge in [-0.1, -0.05) is 24.4 Å². The van der Waals surface area contributed by atoms with Crippen molar-refractivity contribution in [1.29, 1.82) is 0 Å². The van der Waals surface area contributed by atoms with E-state index < -0.39 is 17.6 Å². The van der Waals surface area contributed by atoms with E-state index in [1.165, 1.54) is 18.3 Å². The van der Waals surface area contributed by atoms with Crippen molar-refractivity contribution in [3.8, 4) is 0 Å². The number of rotatable bonds is 4. The number of alkyl halides is 3. The lowest BCUT2D eigenvalue weighted by Crippen LogP contribution is -2.20. The van der Waals surface area contributed by atoms with E-state index in [1.54, 1.807) is 0 Å². The van der Waals surface area contributed by atoms with Crippen LogP contribution in [0.15, 0.2) is 30.5 Å². The maximum atomic E-state index is 13.1. The van der Waals surface area contributed by atoms with Crippen LogP contribution in [0.4, 0.5) is 24.8 Å².